The number of rotatable bonds is 4. The molecule has 34 heavy (non-hydrogen) atoms. The first-order chi connectivity index (χ1) is 16.7. The van der Waals surface area contributed by atoms with Crippen LogP contribution in [0.4, 0.5) is 5.69 Å². The third-order valence-electron chi connectivity index (χ3n) is 6.63. The van der Waals surface area contributed by atoms with E-state index < -0.39 is 0 Å². The number of hydrogen-bond donors (Lipinski definition) is 1. The third kappa shape index (κ3) is 3.50. The van der Waals surface area contributed by atoms with Crippen molar-refractivity contribution in [1.29, 1.82) is 0 Å². The summed E-state index contributed by atoms with van der Waals surface area (Å²) >= 11 is 0. The van der Waals surface area contributed by atoms with E-state index in [0.29, 0.717) is 11.4 Å². The van der Waals surface area contributed by atoms with Crippen molar-refractivity contribution in [3.05, 3.63) is 89.1 Å². The Labute approximate surface area is 196 Å². The van der Waals surface area contributed by atoms with Gasteiger partial charge in [0.05, 0.1) is 10.5 Å². The van der Waals surface area contributed by atoms with E-state index in [0.717, 1.165) is 48.2 Å². The van der Waals surface area contributed by atoms with Crippen molar-refractivity contribution in [2.45, 2.75) is 18.9 Å². The topological polar surface area (TPSA) is 85.9 Å². The summed E-state index contributed by atoms with van der Waals surface area (Å²) < 4.78 is 2.11. The van der Waals surface area contributed by atoms with Crippen LogP contribution in [0.5, 0.6) is 0 Å². The van der Waals surface area contributed by atoms with Gasteiger partial charge in [-0.3, -0.25) is 10.1 Å². The largest absolute Gasteiger partial charge is 0.317 e. The number of nitro benzene ring substituents is 1. The Kier molecular flexibility index (Phi) is 5.04. The molecule has 0 bridgehead atoms. The average Bonchev–Trinajstić information content (AvgIpc) is 3.27. The number of nitrogens with one attached hydrogen (secondary N) is 1. The van der Waals surface area contributed by atoms with Gasteiger partial charge in [-0.25, -0.2) is 9.97 Å². The molecule has 7 heteroatoms. The van der Waals surface area contributed by atoms with E-state index in [9.17, 15) is 10.1 Å². The van der Waals surface area contributed by atoms with Crippen LogP contribution in [0.25, 0.3) is 44.5 Å². The van der Waals surface area contributed by atoms with Gasteiger partial charge in [0.25, 0.3) is 5.69 Å². The van der Waals surface area contributed by atoms with E-state index in [-0.39, 0.29) is 16.7 Å². The zero-order valence-corrected chi connectivity index (χ0v) is 18.5. The Bertz CT molecular complexity index is 1540. The van der Waals surface area contributed by atoms with Gasteiger partial charge in [0, 0.05) is 23.9 Å². The van der Waals surface area contributed by atoms with Crippen LogP contribution in [0.3, 0.4) is 0 Å². The summed E-state index contributed by atoms with van der Waals surface area (Å²) in [6.45, 7) is 1.80. The van der Waals surface area contributed by atoms with Crippen molar-refractivity contribution in [3.8, 4) is 22.5 Å². The minimum atomic E-state index is -0.338. The van der Waals surface area contributed by atoms with Crippen molar-refractivity contribution in [3.63, 3.8) is 0 Å². The van der Waals surface area contributed by atoms with E-state index in [1.807, 2.05) is 30.5 Å². The molecule has 0 aliphatic carbocycles. The van der Waals surface area contributed by atoms with Gasteiger partial charge in [0.15, 0.2) is 5.65 Å². The van der Waals surface area contributed by atoms with Gasteiger partial charge >= 0.3 is 0 Å². The Morgan fingerprint density at radius 2 is 1.68 bits per heavy atom. The number of benzene rings is 3. The van der Waals surface area contributed by atoms with Crippen LogP contribution in [-0.4, -0.2) is 32.5 Å². The zero-order valence-electron chi connectivity index (χ0n) is 18.5. The highest BCUT2D eigenvalue weighted by molar-refractivity contribution is 5.89. The van der Waals surface area contributed by atoms with Gasteiger partial charge in [-0.15, -0.1) is 0 Å². The minimum absolute atomic E-state index is 0.0581. The molecule has 168 valence electrons. The predicted octanol–water partition coefficient (Wildman–Crippen LogP) is 5.75. The first-order valence-electron chi connectivity index (χ1n) is 11.5. The molecule has 0 amide bonds. The molecule has 1 fully saturated rings. The maximum absolute atomic E-state index is 11.8. The highest BCUT2D eigenvalue weighted by atomic mass is 16.6. The molecular formula is C27H23N5O2. The minimum Gasteiger partial charge on any atom is -0.317 e. The number of piperidine rings is 1. The van der Waals surface area contributed by atoms with E-state index in [1.54, 1.807) is 12.1 Å². The summed E-state index contributed by atoms with van der Waals surface area (Å²) in [4.78, 5) is 21.2. The maximum Gasteiger partial charge on any atom is 0.280 e. The van der Waals surface area contributed by atoms with Crippen molar-refractivity contribution in [2.24, 2.45) is 0 Å². The predicted molar refractivity (Wildman–Crippen MR) is 134 cm³/mol. The molecule has 3 heterocycles. The summed E-state index contributed by atoms with van der Waals surface area (Å²) in [5.74, 6) is 0.609. The summed E-state index contributed by atoms with van der Waals surface area (Å²) in [6.07, 6.45) is 3.73. The number of imidazole rings is 1. The quantitative estimate of drug-likeness (QED) is 0.279. The molecule has 0 atom stereocenters. The van der Waals surface area contributed by atoms with Crippen LogP contribution < -0.4 is 5.32 Å². The normalized spacial score (nSPS) is 14.6. The third-order valence-corrected chi connectivity index (χ3v) is 6.63. The molecule has 2 aromatic heterocycles. The van der Waals surface area contributed by atoms with Crippen molar-refractivity contribution >= 4 is 27.6 Å². The molecule has 1 aliphatic rings. The van der Waals surface area contributed by atoms with Crippen molar-refractivity contribution < 1.29 is 4.92 Å². The van der Waals surface area contributed by atoms with Gasteiger partial charge in [0.1, 0.15) is 11.3 Å². The first kappa shape index (κ1) is 20.5. The molecular weight excluding hydrogens is 426 g/mol. The second-order valence-electron chi connectivity index (χ2n) is 8.69. The molecule has 0 saturated carbocycles. The average molecular weight is 450 g/mol. The van der Waals surface area contributed by atoms with E-state index in [2.05, 4.69) is 40.2 Å². The second-order valence-corrected chi connectivity index (χ2v) is 8.69. The molecule has 1 N–H and O–H groups in total. The fourth-order valence-corrected chi connectivity index (χ4v) is 4.93. The SMILES string of the molecule is O=[N+]([O-])c1ccccc1-c1nc2cc(-c3ccc4ccccc4c3)cnc2n1C1CCNCC1. The molecule has 5 aromatic rings. The fourth-order valence-electron chi connectivity index (χ4n) is 4.93. The monoisotopic (exact) mass is 449 g/mol. The van der Waals surface area contributed by atoms with Gasteiger partial charge in [-0.1, -0.05) is 48.5 Å². The molecule has 1 saturated heterocycles. The molecule has 1 aliphatic heterocycles. The molecule has 0 radical (unpaired) electrons. The number of nitrogens with zero attached hydrogens (tertiary/aromatic N) is 4. The summed E-state index contributed by atoms with van der Waals surface area (Å²) in [7, 11) is 0. The molecule has 0 spiro atoms. The molecule has 7 nitrogen and oxygen atoms in total. The van der Waals surface area contributed by atoms with E-state index in [4.69, 9.17) is 9.97 Å². The van der Waals surface area contributed by atoms with Gasteiger partial charge < -0.3 is 9.88 Å². The lowest BCUT2D eigenvalue weighted by Gasteiger charge is -2.25. The lowest BCUT2D eigenvalue weighted by molar-refractivity contribution is -0.384. The van der Waals surface area contributed by atoms with Gasteiger partial charge in [-0.2, -0.15) is 0 Å². The molecule has 3 aromatic carbocycles. The highest BCUT2D eigenvalue weighted by Gasteiger charge is 2.27. The molecule has 6 rings (SSSR count). The Morgan fingerprint density at radius 3 is 2.50 bits per heavy atom. The number of aromatic nitrogens is 3. The summed E-state index contributed by atoms with van der Waals surface area (Å²) in [6, 6.07) is 23.7. The van der Waals surface area contributed by atoms with E-state index in [1.165, 1.54) is 16.8 Å². The second kappa shape index (κ2) is 8.35. The van der Waals surface area contributed by atoms with E-state index >= 15 is 0 Å². The maximum atomic E-state index is 11.8. The Morgan fingerprint density at radius 1 is 0.912 bits per heavy atom. The summed E-state index contributed by atoms with van der Waals surface area (Å²) in [5.41, 5.74) is 4.14. The lowest BCUT2D eigenvalue weighted by Crippen LogP contribution is -2.29. The van der Waals surface area contributed by atoms with Crippen LogP contribution in [0.1, 0.15) is 18.9 Å². The van der Waals surface area contributed by atoms with Crippen LogP contribution in [0.15, 0.2) is 79.0 Å². The Hall–Kier alpha value is -4.10. The number of fused-ring (bicyclic) bond motifs is 2. The lowest BCUT2D eigenvalue weighted by atomic mass is 10.0. The number of para-hydroxylation sites is 1. The number of hydrogen-bond acceptors (Lipinski definition) is 5. The number of pyridine rings is 1. The smallest absolute Gasteiger partial charge is 0.280 e. The van der Waals surface area contributed by atoms with Crippen LogP contribution >= 0.6 is 0 Å². The van der Waals surface area contributed by atoms with Crippen LogP contribution in [-0.2, 0) is 0 Å². The fraction of sp³-hybridized carbons (Fsp3) is 0.185. The highest BCUT2D eigenvalue weighted by Crippen LogP contribution is 2.36. The first-order valence-corrected chi connectivity index (χ1v) is 11.5. The standard InChI is InChI=1S/C27H23N5O2/c33-32(34)25-8-4-3-7-23(25)26-30-24-16-21(20-10-9-18-5-1-2-6-19(18)15-20)17-29-27(24)31(26)22-11-13-28-14-12-22/h1-10,15-17,22,28H,11-14H2. The van der Waals surface area contributed by atoms with Crippen molar-refractivity contribution in [1.82, 2.24) is 19.9 Å². The zero-order chi connectivity index (χ0) is 23.1. The van der Waals surface area contributed by atoms with Crippen LogP contribution in [0.2, 0.25) is 0 Å². The van der Waals surface area contributed by atoms with Gasteiger partial charge in [-0.05, 0) is 60.5 Å². The van der Waals surface area contributed by atoms with Gasteiger partial charge in [0.2, 0.25) is 0 Å². The number of nitro groups is 1. The Balaban J connectivity index is 1.54. The van der Waals surface area contributed by atoms with Crippen LogP contribution in [0, 0.1) is 10.1 Å². The van der Waals surface area contributed by atoms with Crippen molar-refractivity contribution in [2.75, 3.05) is 13.1 Å². The molecule has 0 unspecified atom stereocenters. The summed E-state index contributed by atoms with van der Waals surface area (Å²) in [5, 5.41) is 17.5.